The smallest absolute Gasteiger partial charge is 0.325 e. The number of nitrogens with one attached hydrogen (secondary N) is 1. The van der Waals surface area contributed by atoms with E-state index in [0.717, 1.165) is 12.8 Å². The number of hydrogen-bond donors (Lipinski definition) is 2. The Bertz CT molecular complexity index is 654. The van der Waals surface area contributed by atoms with Gasteiger partial charge in [-0.25, -0.2) is 0 Å². The van der Waals surface area contributed by atoms with Gasteiger partial charge in [-0.15, -0.1) is 0 Å². The molecule has 1 aliphatic heterocycles. The third kappa shape index (κ3) is 5.05. The quantitative estimate of drug-likeness (QED) is 0.719. The molecule has 1 fully saturated rings. The van der Waals surface area contributed by atoms with Crippen molar-refractivity contribution in [3.8, 4) is 0 Å². The summed E-state index contributed by atoms with van der Waals surface area (Å²) in [6, 6.07) is 5.96. The average Bonchev–Trinajstić information content (AvgIpc) is 2.62. The standard InChI is InChI=1S/C19H27N3O4/c1-3-4-8-20-18(24)16-7-5-6-15(13-16)17(19(25)26)22-11-9-21(10-12-22)14(2)23/h5-7,13,17H,3-4,8-12H2,1-2H3,(H,20,24)(H,25,26)/t17-/m0/s1. The van der Waals surface area contributed by atoms with E-state index in [-0.39, 0.29) is 11.8 Å². The molecule has 26 heavy (non-hydrogen) atoms. The molecule has 1 aliphatic rings. The number of nitrogens with zero attached hydrogens (tertiary/aromatic N) is 2. The minimum absolute atomic E-state index is 0.00210. The first-order valence-corrected chi connectivity index (χ1v) is 9.04. The second-order valence-electron chi connectivity index (χ2n) is 6.52. The van der Waals surface area contributed by atoms with Crippen molar-refractivity contribution in [2.24, 2.45) is 0 Å². The molecule has 1 saturated heterocycles. The van der Waals surface area contributed by atoms with E-state index >= 15 is 0 Å². The molecule has 1 atom stereocenters. The molecule has 0 bridgehead atoms. The van der Waals surface area contributed by atoms with E-state index in [2.05, 4.69) is 12.2 Å². The number of carboxylic acid groups (broad SMARTS) is 1. The SMILES string of the molecule is CCCCNC(=O)c1cccc([C@@H](C(=O)O)N2CCN(C(C)=O)CC2)c1. The molecule has 7 heteroatoms. The fourth-order valence-corrected chi connectivity index (χ4v) is 3.14. The molecule has 0 aliphatic carbocycles. The molecule has 0 aromatic heterocycles. The molecular formula is C19H27N3O4. The third-order valence-corrected chi connectivity index (χ3v) is 4.64. The monoisotopic (exact) mass is 361 g/mol. The highest BCUT2D eigenvalue weighted by Gasteiger charge is 2.31. The summed E-state index contributed by atoms with van der Waals surface area (Å²) in [6.45, 7) is 6.18. The van der Waals surface area contributed by atoms with Gasteiger partial charge in [0.1, 0.15) is 6.04 Å². The second-order valence-corrected chi connectivity index (χ2v) is 6.52. The summed E-state index contributed by atoms with van der Waals surface area (Å²) in [7, 11) is 0. The molecule has 0 unspecified atom stereocenters. The van der Waals surface area contributed by atoms with Crippen LogP contribution in [0, 0.1) is 0 Å². The lowest BCUT2D eigenvalue weighted by atomic mass is 10.0. The summed E-state index contributed by atoms with van der Waals surface area (Å²) < 4.78 is 0. The Morgan fingerprint density at radius 1 is 1.19 bits per heavy atom. The molecule has 2 amide bonds. The summed E-state index contributed by atoms with van der Waals surface area (Å²) >= 11 is 0. The van der Waals surface area contributed by atoms with Crippen LogP contribution in [0.5, 0.6) is 0 Å². The van der Waals surface area contributed by atoms with Crippen LogP contribution in [0.4, 0.5) is 0 Å². The molecule has 1 heterocycles. The maximum Gasteiger partial charge on any atom is 0.325 e. The molecule has 2 rings (SSSR count). The van der Waals surface area contributed by atoms with Gasteiger partial charge in [0.2, 0.25) is 5.91 Å². The highest BCUT2D eigenvalue weighted by Crippen LogP contribution is 2.23. The van der Waals surface area contributed by atoms with Crippen molar-refractivity contribution < 1.29 is 19.5 Å². The first-order valence-electron chi connectivity index (χ1n) is 9.04. The van der Waals surface area contributed by atoms with Gasteiger partial charge in [-0.05, 0) is 24.1 Å². The van der Waals surface area contributed by atoms with Crippen molar-refractivity contribution in [2.75, 3.05) is 32.7 Å². The van der Waals surface area contributed by atoms with Crippen LogP contribution in [0.2, 0.25) is 0 Å². The van der Waals surface area contributed by atoms with Crippen LogP contribution in [0.25, 0.3) is 0 Å². The van der Waals surface area contributed by atoms with Gasteiger partial charge >= 0.3 is 5.97 Å². The minimum Gasteiger partial charge on any atom is -0.480 e. The first kappa shape index (κ1) is 19.9. The highest BCUT2D eigenvalue weighted by atomic mass is 16.4. The lowest BCUT2D eigenvalue weighted by Gasteiger charge is -2.37. The molecule has 142 valence electrons. The molecule has 0 spiro atoms. The van der Waals surface area contributed by atoms with Crippen LogP contribution < -0.4 is 5.32 Å². The Kier molecular flexibility index (Phi) is 7.15. The number of unbranched alkanes of at least 4 members (excludes halogenated alkanes) is 1. The number of aliphatic carboxylic acids is 1. The summed E-state index contributed by atoms with van der Waals surface area (Å²) in [6.07, 6.45) is 1.90. The predicted octanol–water partition coefficient (Wildman–Crippen LogP) is 1.51. The second kappa shape index (κ2) is 9.33. The van der Waals surface area contributed by atoms with Crippen LogP contribution in [-0.2, 0) is 9.59 Å². The van der Waals surface area contributed by atoms with Gasteiger partial charge in [0, 0.05) is 45.2 Å². The summed E-state index contributed by atoms with van der Waals surface area (Å²) in [5, 5.41) is 12.6. The van der Waals surface area contributed by atoms with Crippen molar-refractivity contribution in [1.82, 2.24) is 15.1 Å². The number of hydrogen-bond acceptors (Lipinski definition) is 4. The highest BCUT2D eigenvalue weighted by molar-refractivity contribution is 5.94. The minimum atomic E-state index is -0.954. The number of carbonyl (C=O) groups is 3. The lowest BCUT2D eigenvalue weighted by molar-refractivity contribution is -0.145. The Balaban J connectivity index is 2.13. The van der Waals surface area contributed by atoms with Gasteiger partial charge in [-0.1, -0.05) is 25.5 Å². The van der Waals surface area contributed by atoms with Gasteiger partial charge in [0.05, 0.1) is 0 Å². The molecule has 7 nitrogen and oxygen atoms in total. The van der Waals surface area contributed by atoms with E-state index in [4.69, 9.17) is 0 Å². The van der Waals surface area contributed by atoms with Gasteiger partial charge in [0.25, 0.3) is 5.91 Å². The molecule has 1 aromatic carbocycles. The molecule has 0 radical (unpaired) electrons. The van der Waals surface area contributed by atoms with E-state index < -0.39 is 12.0 Å². The van der Waals surface area contributed by atoms with Crippen molar-refractivity contribution in [1.29, 1.82) is 0 Å². The largest absolute Gasteiger partial charge is 0.480 e. The van der Waals surface area contributed by atoms with E-state index in [1.54, 1.807) is 29.2 Å². The fourth-order valence-electron chi connectivity index (χ4n) is 3.14. The molecule has 1 aromatic rings. The fraction of sp³-hybridized carbons (Fsp3) is 0.526. The van der Waals surface area contributed by atoms with Gasteiger partial charge in [0.15, 0.2) is 0 Å². The Hall–Kier alpha value is -2.41. The van der Waals surface area contributed by atoms with E-state index in [1.807, 2.05) is 4.90 Å². The van der Waals surface area contributed by atoms with Crippen molar-refractivity contribution >= 4 is 17.8 Å². The molecular weight excluding hydrogens is 334 g/mol. The maximum atomic E-state index is 12.2. The summed E-state index contributed by atoms with van der Waals surface area (Å²) in [5.41, 5.74) is 1.05. The summed E-state index contributed by atoms with van der Waals surface area (Å²) in [4.78, 5) is 39.1. The topological polar surface area (TPSA) is 89.9 Å². The molecule has 0 saturated carbocycles. The van der Waals surface area contributed by atoms with Crippen LogP contribution in [0.15, 0.2) is 24.3 Å². The van der Waals surface area contributed by atoms with Crippen LogP contribution >= 0.6 is 0 Å². The van der Waals surface area contributed by atoms with Gasteiger partial charge < -0.3 is 15.3 Å². The predicted molar refractivity (Wildman–Crippen MR) is 97.9 cm³/mol. The number of carbonyl (C=O) groups excluding carboxylic acids is 2. The van der Waals surface area contributed by atoms with E-state index in [0.29, 0.717) is 43.9 Å². The summed E-state index contributed by atoms with van der Waals surface area (Å²) in [5.74, 6) is -1.14. The third-order valence-electron chi connectivity index (χ3n) is 4.64. The van der Waals surface area contributed by atoms with Gasteiger partial charge in [-0.3, -0.25) is 19.3 Å². The Morgan fingerprint density at radius 3 is 2.46 bits per heavy atom. The number of amides is 2. The van der Waals surface area contributed by atoms with Gasteiger partial charge in [-0.2, -0.15) is 0 Å². The number of piperazine rings is 1. The zero-order valence-corrected chi connectivity index (χ0v) is 15.4. The number of rotatable bonds is 7. The maximum absolute atomic E-state index is 12.2. The van der Waals surface area contributed by atoms with Crippen LogP contribution in [-0.4, -0.2) is 65.4 Å². The zero-order chi connectivity index (χ0) is 19.1. The normalized spacial score (nSPS) is 16.2. The lowest BCUT2D eigenvalue weighted by Crippen LogP contribution is -2.50. The van der Waals surface area contributed by atoms with Crippen molar-refractivity contribution in [3.63, 3.8) is 0 Å². The molecule has 2 N–H and O–H groups in total. The van der Waals surface area contributed by atoms with E-state index in [9.17, 15) is 19.5 Å². The van der Waals surface area contributed by atoms with Crippen LogP contribution in [0.1, 0.15) is 48.7 Å². The van der Waals surface area contributed by atoms with E-state index in [1.165, 1.54) is 6.92 Å². The zero-order valence-electron chi connectivity index (χ0n) is 15.4. The Labute approximate surface area is 154 Å². The Morgan fingerprint density at radius 2 is 1.88 bits per heavy atom. The first-order chi connectivity index (χ1) is 12.4. The van der Waals surface area contributed by atoms with Crippen LogP contribution in [0.3, 0.4) is 0 Å². The number of carboxylic acids is 1. The average molecular weight is 361 g/mol. The number of benzene rings is 1. The van der Waals surface area contributed by atoms with Crippen molar-refractivity contribution in [2.45, 2.75) is 32.7 Å². The van der Waals surface area contributed by atoms with Crippen molar-refractivity contribution in [3.05, 3.63) is 35.4 Å².